The van der Waals surface area contributed by atoms with Gasteiger partial charge in [-0.3, -0.25) is 0 Å². The van der Waals surface area contributed by atoms with Crippen LogP contribution in [0.2, 0.25) is 0 Å². The van der Waals surface area contributed by atoms with Gasteiger partial charge in [0.15, 0.2) is 0 Å². The number of hydrogen-bond donors (Lipinski definition) is 2. The summed E-state index contributed by atoms with van der Waals surface area (Å²) in [5, 5.41) is 9.60. The van der Waals surface area contributed by atoms with Gasteiger partial charge in [-0.15, -0.1) is 0 Å². The third-order valence-corrected chi connectivity index (χ3v) is 2.39. The highest BCUT2D eigenvalue weighted by Crippen LogP contribution is 2.15. The molecule has 0 unspecified atom stereocenters. The minimum Gasteiger partial charge on any atom is -0.492 e. The summed E-state index contributed by atoms with van der Waals surface area (Å²) in [4.78, 5) is 0. The Kier molecular flexibility index (Phi) is 5.97. The molecule has 0 radical (unpaired) electrons. The molecule has 0 bridgehead atoms. The zero-order valence-electron chi connectivity index (χ0n) is 10.1. The molecule has 0 aromatic heterocycles. The lowest BCUT2D eigenvalue weighted by atomic mass is 10.1. The second-order valence-corrected chi connectivity index (χ2v) is 3.93. The fourth-order valence-corrected chi connectivity index (χ4v) is 1.37. The van der Waals surface area contributed by atoms with Crippen LogP contribution in [0.25, 0.3) is 0 Å². The van der Waals surface area contributed by atoms with E-state index in [1.807, 2.05) is 0 Å². The molecule has 4 nitrogen and oxygen atoms in total. The quantitative estimate of drug-likeness (QED) is 0.770. The molecule has 6 heteroatoms. The molecule has 18 heavy (non-hydrogen) atoms. The monoisotopic (exact) mass is 261 g/mol. The van der Waals surface area contributed by atoms with Gasteiger partial charge < -0.3 is 20.3 Å². The summed E-state index contributed by atoms with van der Waals surface area (Å²) in [6, 6.07) is 2.21. The number of halogens is 2. The number of methoxy groups -OCH3 is 1. The first kappa shape index (κ1) is 14.8. The van der Waals surface area contributed by atoms with E-state index in [9.17, 15) is 13.9 Å². The van der Waals surface area contributed by atoms with Crippen molar-refractivity contribution in [2.75, 3.05) is 20.3 Å². The van der Waals surface area contributed by atoms with Gasteiger partial charge in [-0.2, -0.15) is 0 Å². The predicted octanol–water partition coefficient (Wildman–Crippen LogP) is 1.07. The number of hydrogen-bond acceptors (Lipinski definition) is 4. The first-order valence-electron chi connectivity index (χ1n) is 5.54. The highest BCUT2D eigenvalue weighted by molar-refractivity contribution is 5.23. The molecular weight excluding hydrogens is 244 g/mol. The Morgan fingerprint density at radius 1 is 1.28 bits per heavy atom. The van der Waals surface area contributed by atoms with Crippen molar-refractivity contribution in [2.24, 2.45) is 5.73 Å². The van der Waals surface area contributed by atoms with E-state index in [-0.39, 0.29) is 12.4 Å². The second-order valence-electron chi connectivity index (χ2n) is 3.93. The molecular formula is C12H17F2NO3. The van der Waals surface area contributed by atoms with E-state index in [1.165, 1.54) is 7.11 Å². The molecule has 0 saturated heterocycles. The molecule has 0 saturated carbocycles. The summed E-state index contributed by atoms with van der Waals surface area (Å²) in [7, 11) is 1.52. The van der Waals surface area contributed by atoms with Gasteiger partial charge in [-0.05, 0) is 6.42 Å². The van der Waals surface area contributed by atoms with Crippen LogP contribution in [0, 0.1) is 11.6 Å². The fourth-order valence-electron chi connectivity index (χ4n) is 1.37. The summed E-state index contributed by atoms with van der Waals surface area (Å²) in [5.74, 6) is -1.40. The Morgan fingerprint density at radius 2 is 1.89 bits per heavy atom. The van der Waals surface area contributed by atoms with Crippen LogP contribution in [0.4, 0.5) is 8.78 Å². The number of nitrogens with two attached hydrogens (primary N) is 1. The molecule has 3 N–H and O–H groups in total. The van der Waals surface area contributed by atoms with Crippen molar-refractivity contribution < 1.29 is 23.4 Å². The maximum Gasteiger partial charge on any atom is 0.129 e. The highest BCUT2D eigenvalue weighted by Gasteiger charge is 2.15. The van der Waals surface area contributed by atoms with Gasteiger partial charge in [-0.25, -0.2) is 8.78 Å². The number of aliphatic hydroxyl groups excluding tert-OH is 1. The van der Waals surface area contributed by atoms with E-state index >= 15 is 0 Å². The number of ether oxygens (including phenoxy) is 2. The molecule has 1 aromatic rings. The molecule has 1 rings (SSSR count). The van der Waals surface area contributed by atoms with E-state index in [4.69, 9.17) is 15.2 Å². The fraction of sp³-hybridized carbons (Fsp3) is 0.500. The van der Waals surface area contributed by atoms with Crippen LogP contribution in [0.5, 0.6) is 5.75 Å². The SMILES string of the molecule is COCC[C@@H](O)[C@@H](N)COc1cc(F)cc(F)c1. The molecule has 0 spiro atoms. The van der Waals surface area contributed by atoms with E-state index < -0.39 is 23.8 Å². The van der Waals surface area contributed by atoms with Crippen LogP contribution in [0.3, 0.4) is 0 Å². The van der Waals surface area contributed by atoms with Gasteiger partial charge in [0.25, 0.3) is 0 Å². The summed E-state index contributed by atoms with van der Waals surface area (Å²) >= 11 is 0. The van der Waals surface area contributed by atoms with Crippen LogP contribution >= 0.6 is 0 Å². The smallest absolute Gasteiger partial charge is 0.129 e. The van der Waals surface area contributed by atoms with Gasteiger partial charge in [0.1, 0.15) is 24.0 Å². The molecule has 0 aliphatic carbocycles. The van der Waals surface area contributed by atoms with Gasteiger partial charge in [0.05, 0.1) is 12.1 Å². The third kappa shape index (κ3) is 4.95. The minimum atomic E-state index is -0.789. The van der Waals surface area contributed by atoms with Crippen LogP contribution in [0.1, 0.15) is 6.42 Å². The van der Waals surface area contributed by atoms with E-state index in [0.717, 1.165) is 18.2 Å². The van der Waals surface area contributed by atoms with Crippen molar-refractivity contribution in [3.63, 3.8) is 0 Å². The van der Waals surface area contributed by atoms with Gasteiger partial charge in [-0.1, -0.05) is 0 Å². The van der Waals surface area contributed by atoms with Gasteiger partial charge in [0, 0.05) is 31.9 Å². The van der Waals surface area contributed by atoms with E-state index in [1.54, 1.807) is 0 Å². The molecule has 2 atom stereocenters. The summed E-state index contributed by atoms with van der Waals surface area (Å²) in [5.41, 5.74) is 5.66. The zero-order valence-corrected chi connectivity index (χ0v) is 10.1. The van der Waals surface area contributed by atoms with Crippen molar-refractivity contribution in [2.45, 2.75) is 18.6 Å². The maximum absolute atomic E-state index is 12.9. The largest absolute Gasteiger partial charge is 0.492 e. The van der Waals surface area contributed by atoms with Crippen molar-refractivity contribution in [3.8, 4) is 5.75 Å². The van der Waals surface area contributed by atoms with Crippen molar-refractivity contribution in [1.82, 2.24) is 0 Å². The first-order valence-corrected chi connectivity index (χ1v) is 5.54. The Labute approximate surface area is 104 Å². The number of rotatable bonds is 7. The van der Waals surface area contributed by atoms with Gasteiger partial charge in [0.2, 0.25) is 0 Å². The normalized spacial score (nSPS) is 14.3. The molecule has 1 aromatic carbocycles. The Morgan fingerprint density at radius 3 is 2.44 bits per heavy atom. The van der Waals surface area contributed by atoms with Crippen LogP contribution in [-0.4, -0.2) is 37.6 Å². The summed E-state index contributed by atoms with van der Waals surface area (Å²) < 4.78 is 35.6. The van der Waals surface area contributed by atoms with E-state index in [2.05, 4.69) is 0 Å². The van der Waals surface area contributed by atoms with Crippen molar-refractivity contribution in [3.05, 3.63) is 29.8 Å². The lowest BCUT2D eigenvalue weighted by Crippen LogP contribution is -2.40. The van der Waals surface area contributed by atoms with Gasteiger partial charge >= 0.3 is 0 Å². The summed E-state index contributed by atoms with van der Waals surface area (Å²) in [6.45, 7) is 0.344. The standard InChI is InChI=1S/C12H17F2NO3/c1-17-3-2-12(16)11(15)7-18-10-5-8(13)4-9(14)6-10/h4-6,11-12,16H,2-3,7,15H2,1H3/t11-,12+/m0/s1. The average molecular weight is 261 g/mol. The van der Waals surface area contributed by atoms with Crippen molar-refractivity contribution >= 4 is 0 Å². The third-order valence-electron chi connectivity index (χ3n) is 2.39. The minimum absolute atomic E-state index is 0.0340. The lowest BCUT2D eigenvalue weighted by molar-refractivity contribution is 0.0759. The Balaban J connectivity index is 2.44. The Bertz CT molecular complexity index is 356. The molecule has 0 aliphatic rings. The molecule has 0 fully saturated rings. The van der Waals surface area contributed by atoms with Crippen LogP contribution < -0.4 is 10.5 Å². The molecule has 0 heterocycles. The van der Waals surface area contributed by atoms with Crippen LogP contribution in [0.15, 0.2) is 18.2 Å². The average Bonchev–Trinajstić information content (AvgIpc) is 2.31. The summed E-state index contributed by atoms with van der Waals surface area (Å²) in [6.07, 6.45) is -0.415. The predicted molar refractivity (Wildman–Crippen MR) is 62.3 cm³/mol. The van der Waals surface area contributed by atoms with Crippen LogP contribution in [-0.2, 0) is 4.74 Å². The number of aliphatic hydroxyl groups is 1. The highest BCUT2D eigenvalue weighted by atomic mass is 19.1. The number of benzene rings is 1. The topological polar surface area (TPSA) is 64.7 Å². The zero-order chi connectivity index (χ0) is 13.5. The second kappa shape index (κ2) is 7.25. The maximum atomic E-state index is 12.9. The molecule has 102 valence electrons. The molecule has 0 amide bonds. The van der Waals surface area contributed by atoms with Crippen molar-refractivity contribution in [1.29, 1.82) is 0 Å². The Hall–Kier alpha value is -1.24. The first-order chi connectivity index (χ1) is 8.52. The van der Waals surface area contributed by atoms with E-state index in [0.29, 0.717) is 13.0 Å². The lowest BCUT2D eigenvalue weighted by Gasteiger charge is -2.19. The molecule has 0 aliphatic heterocycles.